The molecular weight excluding hydrogens is 285 g/mol. The molecule has 8 nitrogen and oxygen atoms in total. The summed E-state index contributed by atoms with van der Waals surface area (Å²) in [6.45, 7) is 4.11. The van der Waals surface area contributed by atoms with Crippen LogP contribution in [-0.2, 0) is 13.8 Å². The van der Waals surface area contributed by atoms with E-state index in [4.69, 9.17) is 14.4 Å². The molecule has 1 atom stereocenters. The normalized spacial score (nSPS) is 19.9. The first kappa shape index (κ1) is 17.4. The van der Waals surface area contributed by atoms with E-state index in [1.807, 2.05) is 6.92 Å². The molecule has 1 N–H and O–H groups in total. The molecule has 1 amide bonds. The number of aliphatic hydroxyl groups is 1. The van der Waals surface area contributed by atoms with Crippen molar-refractivity contribution in [2.75, 3.05) is 60.1 Å². The minimum Gasteiger partial charge on any atom is -0.447 e. The Morgan fingerprint density at radius 2 is 1.95 bits per heavy atom. The second-order valence-corrected chi connectivity index (χ2v) is 7.02. The van der Waals surface area contributed by atoms with Crippen molar-refractivity contribution in [3.8, 4) is 0 Å². The maximum Gasteiger partial charge on any atom is 0.409 e. The van der Waals surface area contributed by atoms with Gasteiger partial charge in [-0.15, -0.1) is 0 Å². The van der Waals surface area contributed by atoms with Crippen LogP contribution in [0.1, 0.15) is 6.92 Å². The number of carbonyl (C=O) groups excluding carboxylic acids is 1. The molecule has 0 saturated carbocycles. The molecule has 0 aromatic rings. The molecular formula is C11H24N3O5P. The summed E-state index contributed by atoms with van der Waals surface area (Å²) in [4.78, 5) is 13.2. The van der Waals surface area contributed by atoms with E-state index in [0.717, 1.165) is 0 Å². The van der Waals surface area contributed by atoms with E-state index < -0.39 is 13.8 Å². The van der Waals surface area contributed by atoms with Crippen LogP contribution in [0.2, 0.25) is 0 Å². The van der Waals surface area contributed by atoms with Gasteiger partial charge in [-0.05, 0) is 7.05 Å². The van der Waals surface area contributed by atoms with Gasteiger partial charge in [0, 0.05) is 39.8 Å². The molecule has 1 saturated heterocycles. The third kappa shape index (κ3) is 3.93. The zero-order valence-corrected chi connectivity index (χ0v) is 13.2. The summed E-state index contributed by atoms with van der Waals surface area (Å²) in [5, 5.41) is 8.62. The van der Waals surface area contributed by atoms with Crippen LogP contribution in [-0.4, -0.2) is 85.5 Å². The second-order valence-electron chi connectivity index (χ2n) is 4.43. The largest absolute Gasteiger partial charge is 0.447 e. The number of nitrogens with zero attached hydrogens (tertiary/aromatic N) is 3. The average Bonchev–Trinajstić information content (AvgIpc) is 2.51. The summed E-state index contributed by atoms with van der Waals surface area (Å²) >= 11 is 0. The SMILES string of the molecule is CCN(C)P(=O)(OC)N1CCN(C(=O)OCCO)CC1. The highest BCUT2D eigenvalue weighted by Gasteiger charge is 2.37. The number of piperazine rings is 1. The van der Waals surface area contributed by atoms with Gasteiger partial charge in [-0.25, -0.2) is 14.1 Å². The number of hydrogen-bond donors (Lipinski definition) is 1. The zero-order chi connectivity index (χ0) is 15.2. The van der Waals surface area contributed by atoms with Gasteiger partial charge < -0.3 is 19.3 Å². The first-order chi connectivity index (χ1) is 9.49. The lowest BCUT2D eigenvalue weighted by Crippen LogP contribution is -2.49. The highest BCUT2D eigenvalue weighted by molar-refractivity contribution is 7.53. The third-order valence-electron chi connectivity index (χ3n) is 3.32. The quantitative estimate of drug-likeness (QED) is 0.713. The summed E-state index contributed by atoms with van der Waals surface area (Å²) in [5.74, 6) is 0. The second kappa shape index (κ2) is 7.95. The molecule has 0 aromatic heterocycles. The fourth-order valence-corrected chi connectivity index (χ4v) is 3.99. The van der Waals surface area contributed by atoms with Crippen LogP contribution in [0.5, 0.6) is 0 Å². The number of ether oxygens (including phenoxy) is 1. The number of amides is 1. The summed E-state index contributed by atoms with van der Waals surface area (Å²) in [6, 6.07) is 0. The summed E-state index contributed by atoms with van der Waals surface area (Å²) in [5.41, 5.74) is 0. The molecule has 20 heavy (non-hydrogen) atoms. The van der Waals surface area contributed by atoms with Gasteiger partial charge in [0.1, 0.15) is 6.61 Å². The molecule has 0 radical (unpaired) electrons. The Bertz CT molecular complexity index is 360. The molecule has 118 valence electrons. The van der Waals surface area contributed by atoms with Gasteiger partial charge in [-0.1, -0.05) is 6.92 Å². The van der Waals surface area contributed by atoms with Crippen LogP contribution in [0.4, 0.5) is 4.79 Å². The highest BCUT2D eigenvalue weighted by Crippen LogP contribution is 2.52. The number of carbonyl (C=O) groups is 1. The molecule has 0 spiro atoms. The third-order valence-corrected chi connectivity index (χ3v) is 6.05. The fraction of sp³-hybridized carbons (Fsp3) is 0.909. The Hall–Kier alpha value is -0.660. The molecule has 1 aliphatic heterocycles. The van der Waals surface area contributed by atoms with Crippen molar-refractivity contribution in [1.82, 2.24) is 14.2 Å². The van der Waals surface area contributed by atoms with Gasteiger partial charge >= 0.3 is 13.8 Å². The summed E-state index contributed by atoms with van der Waals surface area (Å²) in [7, 11) is 0.199. The molecule has 1 heterocycles. The van der Waals surface area contributed by atoms with Crippen molar-refractivity contribution in [3.63, 3.8) is 0 Å². The predicted octanol–water partition coefficient (Wildman–Crippen LogP) is 0.439. The average molecular weight is 309 g/mol. The van der Waals surface area contributed by atoms with Crippen LogP contribution < -0.4 is 0 Å². The van der Waals surface area contributed by atoms with Crippen molar-refractivity contribution in [1.29, 1.82) is 0 Å². The van der Waals surface area contributed by atoms with Gasteiger partial charge in [-0.3, -0.25) is 4.57 Å². The van der Waals surface area contributed by atoms with E-state index in [2.05, 4.69) is 0 Å². The Labute approximate surface area is 119 Å². The maximum absolute atomic E-state index is 12.8. The lowest BCUT2D eigenvalue weighted by Gasteiger charge is -2.40. The first-order valence-electron chi connectivity index (χ1n) is 6.65. The van der Waals surface area contributed by atoms with E-state index in [-0.39, 0.29) is 13.2 Å². The number of aliphatic hydroxyl groups excluding tert-OH is 1. The lowest BCUT2D eigenvalue weighted by molar-refractivity contribution is 0.0714. The molecule has 9 heteroatoms. The van der Waals surface area contributed by atoms with Crippen molar-refractivity contribution in [3.05, 3.63) is 0 Å². The highest BCUT2D eigenvalue weighted by atomic mass is 31.2. The maximum atomic E-state index is 12.8. The number of hydrogen-bond acceptors (Lipinski definition) is 5. The van der Waals surface area contributed by atoms with Crippen molar-refractivity contribution >= 4 is 13.8 Å². The molecule has 1 rings (SSSR count). The number of rotatable bonds is 6. The zero-order valence-electron chi connectivity index (χ0n) is 12.3. The van der Waals surface area contributed by atoms with Gasteiger partial charge in [0.2, 0.25) is 0 Å². The summed E-state index contributed by atoms with van der Waals surface area (Å²) in [6.07, 6.45) is -0.449. The predicted molar refractivity (Wildman–Crippen MR) is 74.5 cm³/mol. The Balaban J connectivity index is 2.56. The van der Waals surface area contributed by atoms with Crippen LogP contribution in [0, 0.1) is 0 Å². The minimum absolute atomic E-state index is 0.00577. The Morgan fingerprint density at radius 3 is 2.40 bits per heavy atom. The van der Waals surface area contributed by atoms with Crippen LogP contribution in [0.15, 0.2) is 0 Å². The van der Waals surface area contributed by atoms with Gasteiger partial charge in [0.15, 0.2) is 0 Å². The first-order valence-corrected chi connectivity index (χ1v) is 8.18. The van der Waals surface area contributed by atoms with E-state index >= 15 is 0 Å². The monoisotopic (exact) mass is 309 g/mol. The van der Waals surface area contributed by atoms with E-state index in [1.54, 1.807) is 16.4 Å². The van der Waals surface area contributed by atoms with Gasteiger partial charge in [0.05, 0.1) is 6.61 Å². The van der Waals surface area contributed by atoms with Gasteiger partial charge in [0.25, 0.3) is 0 Å². The molecule has 0 bridgehead atoms. The standard InChI is InChI=1S/C11H24N3O5P/c1-4-12(2)20(17,18-3)14-7-5-13(6-8-14)11(16)19-10-9-15/h15H,4-10H2,1-3H3. The van der Waals surface area contributed by atoms with E-state index in [1.165, 1.54) is 12.0 Å². The minimum atomic E-state index is -3.00. The Morgan fingerprint density at radius 1 is 1.35 bits per heavy atom. The van der Waals surface area contributed by atoms with Crippen molar-refractivity contribution in [2.24, 2.45) is 0 Å². The van der Waals surface area contributed by atoms with Crippen molar-refractivity contribution in [2.45, 2.75) is 6.92 Å². The van der Waals surface area contributed by atoms with Crippen LogP contribution >= 0.6 is 7.67 Å². The van der Waals surface area contributed by atoms with Crippen LogP contribution in [0.3, 0.4) is 0 Å². The molecule has 1 unspecified atom stereocenters. The molecule has 0 aromatic carbocycles. The molecule has 1 aliphatic rings. The Kier molecular flexibility index (Phi) is 6.91. The van der Waals surface area contributed by atoms with Crippen LogP contribution in [0.25, 0.3) is 0 Å². The lowest BCUT2D eigenvalue weighted by atomic mass is 10.4. The van der Waals surface area contributed by atoms with Crippen molar-refractivity contribution < 1.29 is 23.7 Å². The van der Waals surface area contributed by atoms with E-state index in [9.17, 15) is 9.36 Å². The topological polar surface area (TPSA) is 82.6 Å². The summed E-state index contributed by atoms with van der Waals surface area (Å²) < 4.78 is 26.3. The van der Waals surface area contributed by atoms with Gasteiger partial charge in [-0.2, -0.15) is 0 Å². The molecule has 0 aliphatic carbocycles. The van der Waals surface area contributed by atoms with E-state index in [0.29, 0.717) is 32.7 Å². The smallest absolute Gasteiger partial charge is 0.409 e. The fourth-order valence-electron chi connectivity index (χ4n) is 2.00. The molecule has 1 fully saturated rings.